The standard InChI is InChI=1S/C20H19BrN2O2/c21-14-3-1-2-13(10-14)17-11-18(17)20(25)23-15-6-4-12(5-7-15)19(24)22-16-8-9-16/h1-7,10,16-18H,8-9,11H2,(H,22,24)(H,23,25). The van der Waals surface area contributed by atoms with Gasteiger partial charge in [0.25, 0.3) is 5.91 Å². The predicted octanol–water partition coefficient (Wildman–Crippen LogP) is 4.08. The molecule has 0 bridgehead atoms. The van der Waals surface area contributed by atoms with Crippen LogP contribution in [0.3, 0.4) is 0 Å². The Balaban J connectivity index is 1.34. The normalized spacial score (nSPS) is 21.5. The molecule has 128 valence electrons. The van der Waals surface area contributed by atoms with Gasteiger partial charge >= 0.3 is 0 Å². The molecule has 2 saturated carbocycles. The SMILES string of the molecule is O=C(NC1CC1)c1ccc(NC(=O)C2CC2c2cccc(Br)c2)cc1. The lowest BCUT2D eigenvalue weighted by Gasteiger charge is -2.07. The van der Waals surface area contributed by atoms with Crippen molar-refractivity contribution in [1.29, 1.82) is 0 Å². The zero-order valence-electron chi connectivity index (χ0n) is 13.7. The fourth-order valence-corrected chi connectivity index (χ4v) is 3.44. The van der Waals surface area contributed by atoms with E-state index in [0.29, 0.717) is 17.5 Å². The predicted molar refractivity (Wildman–Crippen MR) is 101 cm³/mol. The molecule has 0 radical (unpaired) electrons. The number of hydrogen-bond acceptors (Lipinski definition) is 2. The largest absolute Gasteiger partial charge is 0.349 e. The summed E-state index contributed by atoms with van der Waals surface area (Å²) in [5.41, 5.74) is 2.55. The second-order valence-electron chi connectivity index (χ2n) is 6.82. The molecule has 2 aliphatic rings. The Morgan fingerprint density at radius 1 is 1.04 bits per heavy atom. The molecule has 0 saturated heterocycles. The van der Waals surface area contributed by atoms with Gasteiger partial charge in [-0.2, -0.15) is 0 Å². The first-order chi connectivity index (χ1) is 12.1. The maximum atomic E-state index is 12.4. The van der Waals surface area contributed by atoms with Gasteiger partial charge in [0.2, 0.25) is 5.91 Å². The lowest BCUT2D eigenvalue weighted by Crippen LogP contribution is -2.25. The van der Waals surface area contributed by atoms with Crippen LogP contribution in [-0.4, -0.2) is 17.9 Å². The van der Waals surface area contributed by atoms with Crippen LogP contribution in [0.2, 0.25) is 0 Å². The molecule has 0 heterocycles. The molecule has 4 nitrogen and oxygen atoms in total. The third-order valence-electron chi connectivity index (χ3n) is 4.73. The summed E-state index contributed by atoms with van der Waals surface area (Å²) in [5, 5.41) is 5.91. The number of anilines is 1. The number of amides is 2. The maximum absolute atomic E-state index is 12.4. The highest BCUT2D eigenvalue weighted by Crippen LogP contribution is 2.48. The highest BCUT2D eigenvalue weighted by Gasteiger charge is 2.43. The van der Waals surface area contributed by atoms with Gasteiger partial charge < -0.3 is 10.6 Å². The van der Waals surface area contributed by atoms with Crippen molar-refractivity contribution < 1.29 is 9.59 Å². The highest BCUT2D eigenvalue weighted by atomic mass is 79.9. The van der Waals surface area contributed by atoms with Crippen LogP contribution in [0.1, 0.15) is 41.1 Å². The van der Waals surface area contributed by atoms with Crippen LogP contribution in [0.5, 0.6) is 0 Å². The van der Waals surface area contributed by atoms with E-state index >= 15 is 0 Å². The molecule has 0 spiro atoms. The van der Waals surface area contributed by atoms with E-state index in [1.165, 1.54) is 5.56 Å². The molecule has 0 aromatic heterocycles. The molecular formula is C20H19BrN2O2. The van der Waals surface area contributed by atoms with Crippen LogP contribution in [0.4, 0.5) is 5.69 Å². The van der Waals surface area contributed by atoms with Crippen LogP contribution in [-0.2, 0) is 4.79 Å². The molecule has 2 N–H and O–H groups in total. The minimum Gasteiger partial charge on any atom is -0.349 e. The summed E-state index contributed by atoms with van der Waals surface area (Å²) < 4.78 is 1.04. The van der Waals surface area contributed by atoms with Crippen molar-refractivity contribution in [3.05, 3.63) is 64.1 Å². The minimum atomic E-state index is -0.0442. The summed E-state index contributed by atoms with van der Waals surface area (Å²) in [6, 6.07) is 15.6. The average molecular weight is 399 g/mol. The van der Waals surface area contributed by atoms with Crippen molar-refractivity contribution in [2.45, 2.75) is 31.2 Å². The maximum Gasteiger partial charge on any atom is 0.251 e. The second kappa shape index (κ2) is 6.64. The summed E-state index contributed by atoms with van der Waals surface area (Å²) in [6.07, 6.45) is 3.02. The van der Waals surface area contributed by atoms with Crippen molar-refractivity contribution in [2.24, 2.45) is 5.92 Å². The van der Waals surface area contributed by atoms with Crippen molar-refractivity contribution in [3.63, 3.8) is 0 Å². The summed E-state index contributed by atoms with van der Waals surface area (Å²) in [7, 11) is 0. The zero-order chi connectivity index (χ0) is 17.4. The smallest absolute Gasteiger partial charge is 0.251 e. The van der Waals surface area contributed by atoms with E-state index in [9.17, 15) is 9.59 Å². The molecular weight excluding hydrogens is 380 g/mol. The molecule has 2 atom stereocenters. The van der Waals surface area contributed by atoms with Crippen molar-refractivity contribution in [3.8, 4) is 0 Å². The van der Waals surface area contributed by atoms with E-state index in [4.69, 9.17) is 0 Å². The fraction of sp³-hybridized carbons (Fsp3) is 0.300. The fourth-order valence-electron chi connectivity index (χ4n) is 3.03. The Kier molecular flexibility index (Phi) is 4.34. The number of carbonyl (C=O) groups is 2. The van der Waals surface area contributed by atoms with Gasteiger partial charge in [-0.1, -0.05) is 28.1 Å². The third-order valence-corrected chi connectivity index (χ3v) is 5.22. The lowest BCUT2D eigenvalue weighted by atomic mass is 10.1. The monoisotopic (exact) mass is 398 g/mol. The zero-order valence-corrected chi connectivity index (χ0v) is 15.3. The first-order valence-electron chi connectivity index (χ1n) is 8.57. The topological polar surface area (TPSA) is 58.2 Å². The summed E-state index contributed by atoms with van der Waals surface area (Å²) in [5.74, 6) is 0.311. The van der Waals surface area contributed by atoms with Gasteiger partial charge in [0, 0.05) is 27.7 Å². The number of rotatable bonds is 5. The van der Waals surface area contributed by atoms with Gasteiger partial charge in [0.15, 0.2) is 0 Å². The first kappa shape index (κ1) is 16.3. The Morgan fingerprint density at radius 2 is 1.80 bits per heavy atom. The molecule has 4 rings (SSSR count). The van der Waals surface area contributed by atoms with Gasteiger partial charge in [-0.15, -0.1) is 0 Å². The van der Waals surface area contributed by atoms with Crippen molar-refractivity contribution in [2.75, 3.05) is 5.32 Å². The molecule has 2 aliphatic carbocycles. The number of nitrogens with one attached hydrogen (secondary N) is 2. The summed E-state index contributed by atoms with van der Waals surface area (Å²) in [6.45, 7) is 0. The van der Waals surface area contributed by atoms with E-state index in [0.717, 1.165) is 29.4 Å². The van der Waals surface area contributed by atoms with E-state index in [-0.39, 0.29) is 17.7 Å². The van der Waals surface area contributed by atoms with Gasteiger partial charge in [0.1, 0.15) is 0 Å². The Bertz CT molecular complexity index is 815. The number of benzene rings is 2. The molecule has 5 heteroatoms. The summed E-state index contributed by atoms with van der Waals surface area (Å²) >= 11 is 3.47. The van der Waals surface area contributed by atoms with Crippen LogP contribution in [0.25, 0.3) is 0 Å². The van der Waals surface area contributed by atoms with Crippen molar-refractivity contribution in [1.82, 2.24) is 5.32 Å². The van der Waals surface area contributed by atoms with Crippen LogP contribution in [0.15, 0.2) is 53.0 Å². The third kappa shape index (κ3) is 3.93. The van der Waals surface area contributed by atoms with Gasteiger partial charge in [-0.3, -0.25) is 9.59 Å². The number of halogens is 1. The van der Waals surface area contributed by atoms with E-state index in [1.54, 1.807) is 24.3 Å². The van der Waals surface area contributed by atoms with Gasteiger partial charge in [-0.25, -0.2) is 0 Å². The second-order valence-corrected chi connectivity index (χ2v) is 7.73. The average Bonchev–Trinajstić information content (AvgIpc) is 3.50. The highest BCUT2D eigenvalue weighted by molar-refractivity contribution is 9.10. The van der Waals surface area contributed by atoms with Crippen LogP contribution >= 0.6 is 15.9 Å². The Labute approximate surface area is 155 Å². The number of carbonyl (C=O) groups excluding carboxylic acids is 2. The lowest BCUT2D eigenvalue weighted by molar-refractivity contribution is -0.117. The summed E-state index contributed by atoms with van der Waals surface area (Å²) in [4.78, 5) is 24.4. The van der Waals surface area contributed by atoms with Crippen LogP contribution in [0, 0.1) is 5.92 Å². The molecule has 2 fully saturated rings. The van der Waals surface area contributed by atoms with Gasteiger partial charge in [-0.05, 0) is 67.1 Å². The Morgan fingerprint density at radius 3 is 2.48 bits per heavy atom. The number of hydrogen-bond donors (Lipinski definition) is 2. The molecule has 0 aliphatic heterocycles. The van der Waals surface area contributed by atoms with Crippen molar-refractivity contribution >= 4 is 33.4 Å². The minimum absolute atomic E-state index is 0.0205. The van der Waals surface area contributed by atoms with Gasteiger partial charge in [0.05, 0.1) is 0 Å². The molecule has 2 aromatic rings. The quantitative estimate of drug-likeness (QED) is 0.796. The van der Waals surface area contributed by atoms with E-state index in [2.05, 4.69) is 38.7 Å². The van der Waals surface area contributed by atoms with Crippen LogP contribution < -0.4 is 10.6 Å². The Hall–Kier alpha value is -2.14. The van der Waals surface area contributed by atoms with E-state index < -0.39 is 0 Å². The first-order valence-corrected chi connectivity index (χ1v) is 9.37. The molecule has 2 aromatic carbocycles. The molecule has 25 heavy (non-hydrogen) atoms. The molecule has 2 unspecified atom stereocenters. The van der Waals surface area contributed by atoms with E-state index in [1.807, 2.05) is 12.1 Å². The molecule has 2 amide bonds.